The summed E-state index contributed by atoms with van der Waals surface area (Å²) in [5.74, 6) is 0. The normalized spacial score (nSPS) is 14.6. The standard InChI is InChI=1S/C13H17IN2O2/c1-13(2,3)18-12(17)16-6-8-4-5-10(15)11(14)9(8)7-16/h4-5H,6-7,15H2,1-3H3. The zero-order valence-electron chi connectivity index (χ0n) is 10.8. The Kier molecular flexibility index (Phi) is 3.44. The molecule has 18 heavy (non-hydrogen) atoms. The summed E-state index contributed by atoms with van der Waals surface area (Å²) in [6, 6.07) is 3.87. The summed E-state index contributed by atoms with van der Waals surface area (Å²) in [6.45, 7) is 6.79. The van der Waals surface area contributed by atoms with Gasteiger partial charge < -0.3 is 10.5 Å². The highest BCUT2D eigenvalue weighted by molar-refractivity contribution is 14.1. The molecule has 0 saturated heterocycles. The van der Waals surface area contributed by atoms with E-state index in [1.165, 1.54) is 0 Å². The maximum absolute atomic E-state index is 12.0. The van der Waals surface area contributed by atoms with Crippen LogP contribution in [0.25, 0.3) is 0 Å². The van der Waals surface area contributed by atoms with E-state index in [-0.39, 0.29) is 6.09 Å². The van der Waals surface area contributed by atoms with Crippen molar-refractivity contribution >= 4 is 34.4 Å². The summed E-state index contributed by atoms with van der Waals surface area (Å²) in [5, 5.41) is 0. The molecule has 1 aromatic carbocycles. The molecule has 2 N–H and O–H groups in total. The van der Waals surface area contributed by atoms with Crippen molar-refractivity contribution in [3.05, 3.63) is 26.8 Å². The first-order valence-corrected chi connectivity index (χ1v) is 6.89. The Balaban J connectivity index is 2.15. The number of rotatable bonds is 0. The highest BCUT2D eigenvalue weighted by Crippen LogP contribution is 2.31. The second kappa shape index (κ2) is 4.60. The average molecular weight is 360 g/mol. The van der Waals surface area contributed by atoms with Gasteiger partial charge in [-0.3, -0.25) is 4.90 Å². The average Bonchev–Trinajstić information content (AvgIpc) is 2.66. The van der Waals surface area contributed by atoms with Crippen LogP contribution in [-0.4, -0.2) is 16.6 Å². The van der Waals surface area contributed by atoms with E-state index in [1.807, 2.05) is 32.9 Å². The SMILES string of the molecule is CC(C)(C)OC(=O)N1Cc2ccc(N)c(I)c2C1. The molecule has 1 aromatic rings. The molecule has 1 aliphatic rings. The van der Waals surface area contributed by atoms with Crippen LogP contribution in [0, 0.1) is 3.57 Å². The number of fused-ring (bicyclic) bond motifs is 1. The summed E-state index contributed by atoms with van der Waals surface area (Å²) < 4.78 is 6.41. The lowest BCUT2D eigenvalue weighted by Crippen LogP contribution is -2.33. The Bertz CT molecular complexity index is 494. The van der Waals surface area contributed by atoms with Crippen molar-refractivity contribution in [2.75, 3.05) is 5.73 Å². The molecule has 1 amide bonds. The first-order valence-electron chi connectivity index (χ1n) is 5.81. The third-order valence-corrected chi connectivity index (χ3v) is 4.01. The summed E-state index contributed by atoms with van der Waals surface area (Å²) in [5.41, 5.74) is 8.47. The van der Waals surface area contributed by atoms with Gasteiger partial charge in [-0.15, -0.1) is 0 Å². The maximum atomic E-state index is 12.0. The van der Waals surface area contributed by atoms with Crippen LogP contribution in [-0.2, 0) is 17.8 Å². The summed E-state index contributed by atoms with van der Waals surface area (Å²) in [6.07, 6.45) is -0.270. The van der Waals surface area contributed by atoms with E-state index in [0.29, 0.717) is 13.1 Å². The van der Waals surface area contributed by atoms with Crippen LogP contribution in [0.3, 0.4) is 0 Å². The van der Waals surface area contributed by atoms with Crippen LogP contribution >= 0.6 is 22.6 Å². The van der Waals surface area contributed by atoms with Gasteiger partial charge >= 0.3 is 6.09 Å². The third-order valence-electron chi connectivity index (χ3n) is 2.73. The van der Waals surface area contributed by atoms with Crippen molar-refractivity contribution in [2.24, 2.45) is 0 Å². The van der Waals surface area contributed by atoms with E-state index in [1.54, 1.807) is 4.90 Å². The largest absolute Gasteiger partial charge is 0.444 e. The summed E-state index contributed by atoms with van der Waals surface area (Å²) >= 11 is 2.23. The van der Waals surface area contributed by atoms with E-state index in [4.69, 9.17) is 10.5 Å². The van der Waals surface area contributed by atoms with Crippen molar-refractivity contribution in [3.8, 4) is 0 Å². The van der Waals surface area contributed by atoms with Gasteiger partial charge in [0.2, 0.25) is 0 Å². The highest BCUT2D eigenvalue weighted by atomic mass is 127. The number of hydrogen-bond acceptors (Lipinski definition) is 3. The smallest absolute Gasteiger partial charge is 0.410 e. The van der Waals surface area contributed by atoms with Gasteiger partial charge in [0.25, 0.3) is 0 Å². The molecule has 0 saturated carbocycles. The van der Waals surface area contributed by atoms with E-state index in [2.05, 4.69) is 22.6 Å². The van der Waals surface area contributed by atoms with Gasteiger partial charge in [-0.2, -0.15) is 0 Å². The highest BCUT2D eigenvalue weighted by Gasteiger charge is 2.29. The Morgan fingerprint density at radius 3 is 2.67 bits per heavy atom. The molecule has 0 aromatic heterocycles. The molecule has 4 nitrogen and oxygen atoms in total. The van der Waals surface area contributed by atoms with Crippen LogP contribution in [0.5, 0.6) is 0 Å². The van der Waals surface area contributed by atoms with E-state index < -0.39 is 5.60 Å². The van der Waals surface area contributed by atoms with Gasteiger partial charge in [-0.1, -0.05) is 6.07 Å². The van der Waals surface area contributed by atoms with Gasteiger partial charge in [0.05, 0.1) is 6.54 Å². The van der Waals surface area contributed by atoms with Crippen LogP contribution < -0.4 is 5.73 Å². The number of ether oxygens (including phenoxy) is 1. The fourth-order valence-electron chi connectivity index (χ4n) is 1.91. The Hall–Kier alpha value is -0.980. The Labute approximate surface area is 121 Å². The number of nitrogens with two attached hydrogens (primary N) is 1. The van der Waals surface area contributed by atoms with Crippen LogP contribution in [0.2, 0.25) is 0 Å². The maximum Gasteiger partial charge on any atom is 0.410 e. The number of benzene rings is 1. The number of hydrogen-bond donors (Lipinski definition) is 1. The number of carbonyl (C=O) groups excluding carboxylic acids is 1. The fraction of sp³-hybridized carbons (Fsp3) is 0.462. The van der Waals surface area contributed by atoms with Crippen molar-refractivity contribution in [1.29, 1.82) is 0 Å². The lowest BCUT2D eigenvalue weighted by atomic mass is 10.1. The second-order valence-corrected chi connectivity index (χ2v) is 6.52. The first kappa shape index (κ1) is 13.5. The van der Waals surface area contributed by atoms with E-state index in [0.717, 1.165) is 20.4 Å². The molecule has 5 heteroatoms. The predicted octanol–water partition coefficient (Wildman–Crippen LogP) is 3.12. The molecular formula is C13H17IN2O2. The number of halogens is 1. The molecule has 0 fully saturated rings. The lowest BCUT2D eigenvalue weighted by Gasteiger charge is -2.24. The van der Waals surface area contributed by atoms with Crippen molar-refractivity contribution < 1.29 is 9.53 Å². The Morgan fingerprint density at radius 1 is 1.39 bits per heavy atom. The molecule has 0 bridgehead atoms. The first-order chi connectivity index (χ1) is 8.28. The molecule has 2 rings (SSSR count). The molecule has 0 atom stereocenters. The van der Waals surface area contributed by atoms with Crippen molar-refractivity contribution in [2.45, 2.75) is 39.5 Å². The number of carbonyl (C=O) groups is 1. The zero-order chi connectivity index (χ0) is 13.5. The van der Waals surface area contributed by atoms with Gasteiger partial charge in [-0.05, 0) is 60.6 Å². The van der Waals surface area contributed by atoms with Crippen LogP contribution in [0.15, 0.2) is 12.1 Å². The van der Waals surface area contributed by atoms with E-state index in [9.17, 15) is 4.79 Å². The predicted molar refractivity (Wildman–Crippen MR) is 79.1 cm³/mol. The molecular weight excluding hydrogens is 343 g/mol. The van der Waals surface area contributed by atoms with Crippen molar-refractivity contribution in [1.82, 2.24) is 4.90 Å². The number of nitrogen functional groups attached to an aromatic ring is 1. The number of amides is 1. The van der Waals surface area contributed by atoms with Gasteiger partial charge in [-0.25, -0.2) is 4.79 Å². The number of anilines is 1. The molecule has 0 spiro atoms. The zero-order valence-corrected chi connectivity index (χ0v) is 12.9. The van der Waals surface area contributed by atoms with Gasteiger partial charge in [0.15, 0.2) is 0 Å². The third kappa shape index (κ3) is 2.71. The topological polar surface area (TPSA) is 55.6 Å². The molecule has 0 aliphatic carbocycles. The minimum absolute atomic E-state index is 0.270. The quantitative estimate of drug-likeness (QED) is 0.571. The molecule has 0 unspecified atom stereocenters. The summed E-state index contributed by atoms with van der Waals surface area (Å²) in [4.78, 5) is 13.7. The van der Waals surface area contributed by atoms with Crippen LogP contribution in [0.4, 0.5) is 10.5 Å². The summed E-state index contributed by atoms with van der Waals surface area (Å²) in [7, 11) is 0. The fourth-order valence-corrected chi connectivity index (χ4v) is 2.60. The number of nitrogens with zero attached hydrogens (tertiary/aromatic N) is 1. The van der Waals surface area contributed by atoms with Crippen molar-refractivity contribution in [3.63, 3.8) is 0 Å². The van der Waals surface area contributed by atoms with Crippen LogP contribution in [0.1, 0.15) is 31.9 Å². The minimum Gasteiger partial charge on any atom is -0.444 e. The minimum atomic E-state index is -0.460. The lowest BCUT2D eigenvalue weighted by molar-refractivity contribution is 0.0241. The Morgan fingerprint density at radius 2 is 2.06 bits per heavy atom. The molecule has 1 aliphatic heterocycles. The van der Waals surface area contributed by atoms with E-state index >= 15 is 0 Å². The second-order valence-electron chi connectivity index (χ2n) is 5.44. The molecule has 1 heterocycles. The monoisotopic (exact) mass is 360 g/mol. The molecule has 98 valence electrons. The molecule has 0 radical (unpaired) electrons. The van der Waals surface area contributed by atoms with Gasteiger partial charge in [0.1, 0.15) is 5.60 Å². The van der Waals surface area contributed by atoms with Gasteiger partial charge in [0, 0.05) is 15.8 Å².